The van der Waals surface area contributed by atoms with Crippen LogP contribution in [-0.2, 0) is 19.4 Å². The van der Waals surface area contributed by atoms with E-state index in [1.807, 2.05) is 0 Å². The number of rotatable bonds is 5. The maximum Gasteiger partial charge on any atom is 0.223 e. The van der Waals surface area contributed by atoms with Gasteiger partial charge in [0.2, 0.25) is 11.8 Å². The summed E-state index contributed by atoms with van der Waals surface area (Å²) in [4.78, 5) is 24.8. The lowest BCUT2D eigenvalue weighted by molar-refractivity contribution is -0.121. The number of nitrogens with one attached hydrogen (secondary N) is 1. The average Bonchev–Trinajstić information content (AvgIpc) is 2.79. The SMILES string of the molecule is CC(=O)N(CCC(=O)NC1CCS(=O)(=O)C1)c1ccccc1F. The fourth-order valence-corrected chi connectivity index (χ4v) is 4.21. The van der Waals surface area contributed by atoms with Crippen LogP contribution in [0, 0.1) is 5.82 Å². The van der Waals surface area contributed by atoms with Gasteiger partial charge in [-0.05, 0) is 18.6 Å². The van der Waals surface area contributed by atoms with E-state index in [0.29, 0.717) is 6.42 Å². The Labute approximate surface area is 134 Å². The van der Waals surface area contributed by atoms with E-state index in [1.54, 1.807) is 6.07 Å². The van der Waals surface area contributed by atoms with E-state index in [1.165, 1.54) is 30.0 Å². The van der Waals surface area contributed by atoms with Crippen LogP contribution < -0.4 is 10.2 Å². The Morgan fingerprint density at radius 3 is 2.61 bits per heavy atom. The third-order valence-electron chi connectivity index (χ3n) is 3.68. The Hall–Kier alpha value is -1.96. The molecule has 8 heteroatoms. The number of hydrogen-bond acceptors (Lipinski definition) is 4. The average molecular weight is 342 g/mol. The van der Waals surface area contributed by atoms with Gasteiger partial charge >= 0.3 is 0 Å². The summed E-state index contributed by atoms with van der Waals surface area (Å²) >= 11 is 0. The van der Waals surface area contributed by atoms with Crippen molar-refractivity contribution in [3.05, 3.63) is 30.1 Å². The Morgan fingerprint density at radius 2 is 2.04 bits per heavy atom. The molecule has 0 radical (unpaired) electrons. The first kappa shape index (κ1) is 17.4. The molecule has 0 bridgehead atoms. The topological polar surface area (TPSA) is 83.6 Å². The van der Waals surface area contributed by atoms with Crippen molar-refractivity contribution in [1.29, 1.82) is 0 Å². The summed E-state index contributed by atoms with van der Waals surface area (Å²) in [6.45, 7) is 1.33. The van der Waals surface area contributed by atoms with Crippen molar-refractivity contribution < 1.29 is 22.4 Å². The second-order valence-corrected chi connectivity index (χ2v) is 7.77. The molecule has 126 valence electrons. The maximum absolute atomic E-state index is 13.8. The van der Waals surface area contributed by atoms with Crippen molar-refractivity contribution in [3.8, 4) is 0 Å². The zero-order chi connectivity index (χ0) is 17.0. The summed E-state index contributed by atoms with van der Waals surface area (Å²) in [5, 5.41) is 2.65. The number of halogens is 1. The van der Waals surface area contributed by atoms with Gasteiger partial charge in [-0.25, -0.2) is 12.8 Å². The van der Waals surface area contributed by atoms with Crippen LogP contribution in [0.3, 0.4) is 0 Å². The van der Waals surface area contributed by atoms with Crippen molar-refractivity contribution in [3.63, 3.8) is 0 Å². The van der Waals surface area contributed by atoms with Crippen LogP contribution >= 0.6 is 0 Å². The first-order valence-corrected chi connectivity index (χ1v) is 9.13. The van der Waals surface area contributed by atoms with Crippen LogP contribution in [0.15, 0.2) is 24.3 Å². The zero-order valence-corrected chi connectivity index (χ0v) is 13.6. The minimum absolute atomic E-state index is 0.0234. The van der Waals surface area contributed by atoms with Gasteiger partial charge in [0.1, 0.15) is 5.82 Å². The monoisotopic (exact) mass is 342 g/mol. The molecule has 1 saturated heterocycles. The summed E-state index contributed by atoms with van der Waals surface area (Å²) in [6.07, 6.45) is 0.377. The van der Waals surface area contributed by atoms with Crippen molar-refractivity contribution in [2.45, 2.75) is 25.8 Å². The number of anilines is 1. The van der Waals surface area contributed by atoms with Gasteiger partial charge in [-0.1, -0.05) is 12.1 Å². The van der Waals surface area contributed by atoms with Crippen LogP contribution in [0.25, 0.3) is 0 Å². The van der Waals surface area contributed by atoms with Gasteiger partial charge in [0.25, 0.3) is 0 Å². The number of carbonyl (C=O) groups is 2. The molecule has 0 saturated carbocycles. The summed E-state index contributed by atoms with van der Waals surface area (Å²) < 4.78 is 36.5. The van der Waals surface area contributed by atoms with E-state index >= 15 is 0 Å². The number of sulfone groups is 1. The molecule has 1 aromatic rings. The fourth-order valence-electron chi connectivity index (χ4n) is 2.54. The molecule has 2 rings (SSSR count). The van der Waals surface area contributed by atoms with Crippen LogP contribution in [0.4, 0.5) is 10.1 Å². The van der Waals surface area contributed by atoms with Gasteiger partial charge in [-0.15, -0.1) is 0 Å². The standard InChI is InChI=1S/C15H19FN2O4S/c1-11(19)18(14-5-3-2-4-13(14)16)8-6-15(20)17-12-7-9-23(21,22)10-12/h2-5,12H,6-10H2,1H3,(H,17,20). The first-order valence-electron chi connectivity index (χ1n) is 7.31. The van der Waals surface area contributed by atoms with Crippen molar-refractivity contribution in [2.24, 2.45) is 0 Å². The molecule has 23 heavy (non-hydrogen) atoms. The van der Waals surface area contributed by atoms with Gasteiger partial charge in [-0.3, -0.25) is 9.59 Å². The lowest BCUT2D eigenvalue weighted by Crippen LogP contribution is -2.39. The number of para-hydroxylation sites is 1. The highest BCUT2D eigenvalue weighted by atomic mass is 32.2. The lowest BCUT2D eigenvalue weighted by Gasteiger charge is -2.22. The largest absolute Gasteiger partial charge is 0.352 e. The van der Waals surface area contributed by atoms with E-state index in [2.05, 4.69) is 5.32 Å². The first-order chi connectivity index (χ1) is 10.8. The predicted octanol–water partition coefficient (Wildman–Crippen LogP) is 0.872. The molecular formula is C15H19FN2O4S. The molecule has 1 aliphatic rings. The number of carbonyl (C=O) groups excluding carboxylic acids is 2. The number of nitrogens with zero attached hydrogens (tertiary/aromatic N) is 1. The minimum Gasteiger partial charge on any atom is -0.352 e. The smallest absolute Gasteiger partial charge is 0.223 e. The molecule has 1 unspecified atom stereocenters. The predicted molar refractivity (Wildman–Crippen MR) is 84.2 cm³/mol. The van der Waals surface area contributed by atoms with Gasteiger partial charge < -0.3 is 10.2 Å². The Kier molecular flexibility index (Phi) is 5.35. The highest BCUT2D eigenvalue weighted by Crippen LogP contribution is 2.19. The molecule has 1 fully saturated rings. The van der Waals surface area contributed by atoms with Gasteiger partial charge in [0.15, 0.2) is 9.84 Å². The van der Waals surface area contributed by atoms with Crippen LogP contribution in [0.1, 0.15) is 19.8 Å². The minimum atomic E-state index is -3.06. The number of amides is 2. The van der Waals surface area contributed by atoms with Gasteiger partial charge in [-0.2, -0.15) is 0 Å². The molecule has 0 aromatic heterocycles. The second-order valence-electron chi connectivity index (χ2n) is 5.54. The lowest BCUT2D eigenvalue weighted by atomic mass is 10.2. The fraction of sp³-hybridized carbons (Fsp3) is 0.467. The normalized spacial score (nSPS) is 19.3. The second kappa shape index (κ2) is 7.08. The van der Waals surface area contributed by atoms with Crippen LogP contribution in [0.5, 0.6) is 0 Å². The molecule has 2 amide bonds. The maximum atomic E-state index is 13.8. The van der Waals surface area contributed by atoms with E-state index in [-0.39, 0.29) is 48.0 Å². The van der Waals surface area contributed by atoms with Crippen molar-refractivity contribution in [1.82, 2.24) is 5.32 Å². The molecule has 0 spiro atoms. The molecule has 1 N–H and O–H groups in total. The Bertz CT molecular complexity index is 705. The van der Waals surface area contributed by atoms with Crippen LogP contribution in [0.2, 0.25) is 0 Å². The van der Waals surface area contributed by atoms with Crippen molar-refractivity contribution >= 4 is 27.3 Å². The quantitative estimate of drug-likeness (QED) is 0.861. The van der Waals surface area contributed by atoms with Crippen molar-refractivity contribution in [2.75, 3.05) is 23.0 Å². The summed E-state index contributed by atoms with van der Waals surface area (Å²) in [6, 6.07) is 5.46. The van der Waals surface area contributed by atoms with E-state index in [0.717, 1.165) is 0 Å². The molecule has 6 nitrogen and oxygen atoms in total. The number of hydrogen-bond donors (Lipinski definition) is 1. The molecule has 1 heterocycles. The number of benzene rings is 1. The van der Waals surface area contributed by atoms with E-state index in [9.17, 15) is 22.4 Å². The van der Waals surface area contributed by atoms with Gasteiger partial charge in [0.05, 0.1) is 17.2 Å². The zero-order valence-electron chi connectivity index (χ0n) is 12.8. The molecule has 1 atom stereocenters. The van der Waals surface area contributed by atoms with E-state index < -0.39 is 15.7 Å². The summed E-state index contributed by atoms with van der Waals surface area (Å²) in [5.41, 5.74) is 0.122. The summed E-state index contributed by atoms with van der Waals surface area (Å²) in [5.74, 6) is -1.24. The van der Waals surface area contributed by atoms with E-state index in [4.69, 9.17) is 0 Å². The van der Waals surface area contributed by atoms with Gasteiger partial charge in [0, 0.05) is 25.9 Å². The third-order valence-corrected chi connectivity index (χ3v) is 5.45. The van der Waals surface area contributed by atoms with Crippen LogP contribution in [-0.4, -0.2) is 44.3 Å². The molecule has 1 aliphatic heterocycles. The molecular weight excluding hydrogens is 323 g/mol. The Balaban J connectivity index is 1.93. The summed E-state index contributed by atoms with van der Waals surface area (Å²) in [7, 11) is -3.06. The molecule has 1 aromatic carbocycles. The highest BCUT2D eigenvalue weighted by Gasteiger charge is 2.29. The highest BCUT2D eigenvalue weighted by molar-refractivity contribution is 7.91. The Morgan fingerprint density at radius 1 is 1.35 bits per heavy atom. The third kappa shape index (κ3) is 4.75. The molecule has 0 aliphatic carbocycles.